The van der Waals surface area contributed by atoms with Crippen molar-refractivity contribution in [3.8, 4) is 11.5 Å². The van der Waals surface area contributed by atoms with Gasteiger partial charge in [-0.3, -0.25) is 9.10 Å². The van der Waals surface area contributed by atoms with Crippen LogP contribution in [0, 0.1) is 6.92 Å². The number of methoxy groups -OCH3 is 2. The summed E-state index contributed by atoms with van der Waals surface area (Å²) in [5.74, 6) is 0.0466. The molecule has 0 heterocycles. The highest BCUT2D eigenvalue weighted by Gasteiger charge is 2.28. The van der Waals surface area contributed by atoms with Crippen LogP contribution < -0.4 is 19.2 Å². The second-order valence-electron chi connectivity index (χ2n) is 7.18. The zero-order chi connectivity index (χ0) is 24.7. The number of nitrogens with one attached hydrogen (secondary N) is 1. The fraction of sp³-hybridized carbons (Fsp3) is 0.167. The molecule has 0 atom stereocenters. The van der Waals surface area contributed by atoms with Gasteiger partial charge in [-0.25, -0.2) is 13.8 Å². The van der Waals surface area contributed by atoms with E-state index in [1.807, 2.05) is 31.2 Å². The lowest BCUT2D eigenvalue weighted by Crippen LogP contribution is -2.39. The first-order valence-corrected chi connectivity index (χ1v) is 12.4. The minimum absolute atomic E-state index is 0.0461. The number of ether oxygens (including phenoxy) is 2. The van der Waals surface area contributed by atoms with Gasteiger partial charge in [0.15, 0.2) is 11.5 Å². The summed E-state index contributed by atoms with van der Waals surface area (Å²) in [7, 11) is -1.24. The van der Waals surface area contributed by atoms with Crippen LogP contribution in [-0.2, 0) is 14.8 Å². The molecule has 0 aromatic heterocycles. The number of hydrogen-bond acceptors (Lipinski definition) is 6. The highest BCUT2D eigenvalue weighted by atomic mass is 79.9. The minimum atomic E-state index is -4.13. The van der Waals surface area contributed by atoms with Crippen molar-refractivity contribution in [2.45, 2.75) is 11.8 Å². The Kier molecular flexibility index (Phi) is 8.30. The number of carbonyl (C=O) groups excluding carboxylic acids is 1. The Bertz CT molecular complexity index is 1290. The number of benzene rings is 3. The van der Waals surface area contributed by atoms with Gasteiger partial charge in [-0.15, -0.1) is 0 Å². The summed E-state index contributed by atoms with van der Waals surface area (Å²) in [4.78, 5) is 12.6. The van der Waals surface area contributed by atoms with Gasteiger partial charge in [0.1, 0.15) is 6.54 Å². The molecule has 3 aromatic rings. The van der Waals surface area contributed by atoms with Crippen molar-refractivity contribution < 1.29 is 22.7 Å². The first-order valence-electron chi connectivity index (χ1n) is 10.1. The molecule has 0 aliphatic rings. The largest absolute Gasteiger partial charge is 0.493 e. The number of rotatable bonds is 9. The molecule has 0 unspecified atom stereocenters. The maximum absolute atomic E-state index is 13.6. The van der Waals surface area contributed by atoms with E-state index in [4.69, 9.17) is 9.47 Å². The molecule has 10 heteroatoms. The molecule has 0 fully saturated rings. The maximum Gasteiger partial charge on any atom is 0.264 e. The van der Waals surface area contributed by atoms with E-state index in [0.717, 1.165) is 19.9 Å². The molecule has 0 saturated heterocycles. The van der Waals surface area contributed by atoms with E-state index in [-0.39, 0.29) is 10.6 Å². The zero-order valence-electron chi connectivity index (χ0n) is 18.9. The molecule has 178 valence electrons. The number of halogens is 1. The number of anilines is 1. The SMILES string of the molecule is COc1ccc(S(=O)(=O)N(CC(=O)N/N=C\c2ccccc2Br)c2ccc(C)cc2)cc1OC. The highest BCUT2D eigenvalue weighted by Crippen LogP contribution is 2.32. The Morgan fingerprint density at radius 3 is 2.35 bits per heavy atom. The van der Waals surface area contributed by atoms with E-state index in [9.17, 15) is 13.2 Å². The number of nitrogens with zero attached hydrogens (tertiary/aromatic N) is 2. The molecule has 0 spiro atoms. The monoisotopic (exact) mass is 545 g/mol. The Labute approximate surface area is 207 Å². The van der Waals surface area contributed by atoms with Crippen LogP contribution in [0.2, 0.25) is 0 Å². The number of sulfonamides is 1. The van der Waals surface area contributed by atoms with Crippen molar-refractivity contribution in [1.29, 1.82) is 0 Å². The van der Waals surface area contributed by atoms with Gasteiger partial charge >= 0.3 is 0 Å². The van der Waals surface area contributed by atoms with Crippen molar-refractivity contribution in [2.24, 2.45) is 5.10 Å². The molecule has 0 aliphatic heterocycles. The van der Waals surface area contributed by atoms with Gasteiger partial charge in [-0.05, 0) is 37.3 Å². The summed E-state index contributed by atoms with van der Waals surface area (Å²) < 4.78 is 39.4. The van der Waals surface area contributed by atoms with Crippen molar-refractivity contribution >= 4 is 43.8 Å². The molecule has 1 amide bonds. The van der Waals surface area contributed by atoms with Crippen LogP contribution >= 0.6 is 15.9 Å². The lowest BCUT2D eigenvalue weighted by atomic mass is 10.2. The van der Waals surface area contributed by atoms with Gasteiger partial charge in [-0.1, -0.05) is 51.8 Å². The van der Waals surface area contributed by atoms with Crippen LogP contribution in [0.4, 0.5) is 5.69 Å². The van der Waals surface area contributed by atoms with Gasteiger partial charge in [0, 0.05) is 16.1 Å². The predicted octanol–water partition coefficient (Wildman–Crippen LogP) is 4.12. The summed E-state index contributed by atoms with van der Waals surface area (Å²) in [5.41, 5.74) is 4.45. The van der Waals surface area contributed by atoms with Crippen LogP contribution in [-0.4, -0.2) is 41.3 Å². The van der Waals surface area contributed by atoms with E-state index >= 15 is 0 Å². The molecule has 34 heavy (non-hydrogen) atoms. The van der Waals surface area contributed by atoms with Crippen LogP contribution in [0.15, 0.2) is 81.2 Å². The first kappa shape index (κ1) is 25.3. The molecule has 0 bridgehead atoms. The summed E-state index contributed by atoms with van der Waals surface area (Å²) >= 11 is 3.40. The maximum atomic E-state index is 13.6. The molecular formula is C24H24BrN3O5S. The van der Waals surface area contributed by atoms with Crippen LogP contribution in [0.5, 0.6) is 11.5 Å². The average Bonchev–Trinajstić information content (AvgIpc) is 2.83. The second-order valence-corrected chi connectivity index (χ2v) is 9.90. The molecular weight excluding hydrogens is 522 g/mol. The first-order chi connectivity index (χ1) is 16.3. The fourth-order valence-corrected chi connectivity index (χ4v) is 4.87. The van der Waals surface area contributed by atoms with Gasteiger partial charge in [0.25, 0.3) is 15.9 Å². The highest BCUT2D eigenvalue weighted by molar-refractivity contribution is 9.10. The van der Waals surface area contributed by atoms with Crippen molar-refractivity contribution in [1.82, 2.24) is 5.43 Å². The standard InChI is InChI=1S/C24H24BrN3O5S/c1-17-8-10-19(11-9-17)28(16-24(29)27-26-15-18-6-4-5-7-21(18)25)34(30,31)20-12-13-22(32-2)23(14-20)33-3/h4-15H,16H2,1-3H3,(H,27,29)/b26-15-. The van der Waals surface area contributed by atoms with Gasteiger partial charge in [-0.2, -0.15) is 5.10 Å². The van der Waals surface area contributed by atoms with E-state index in [1.54, 1.807) is 24.3 Å². The Morgan fingerprint density at radius 1 is 1.03 bits per heavy atom. The number of aryl methyl sites for hydroxylation is 1. The number of hydrogen-bond donors (Lipinski definition) is 1. The average molecular weight is 546 g/mol. The number of amides is 1. The Morgan fingerprint density at radius 2 is 1.71 bits per heavy atom. The lowest BCUT2D eigenvalue weighted by Gasteiger charge is -2.24. The zero-order valence-corrected chi connectivity index (χ0v) is 21.3. The molecule has 8 nitrogen and oxygen atoms in total. The molecule has 1 N–H and O–H groups in total. The van der Waals surface area contributed by atoms with Crippen molar-refractivity contribution in [3.63, 3.8) is 0 Å². The summed E-state index contributed by atoms with van der Waals surface area (Å²) in [6.45, 7) is 1.41. The predicted molar refractivity (Wildman–Crippen MR) is 135 cm³/mol. The van der Waals surface area contributed by atoms with Crippen LogP contribution in [0.1, 0.15) is 11.1 Å². The quantitative estimate of drug-likeness (QED) is 0.322. The van der Waals surface area contributed by atoms with Gasteiger partial charge < -0.3 is 9.47 Å². The molecule has 3 rings (SSSR count). The Balaban J connectivity index is 1.90. The van der Waals surface area contributed by atoms with E-state index in [1.165, 1.54) is 38.6 Å². The normalized spacial score (nSPS) is 11.3. The van der Waals surface area contributed by atoms with Crippen LogP contribution in [0.25, 0.3) is 0 Å². The van der Waals surface area contributed by atoms with Gasteiger partial charge in [0.2, 0.25) is 0 Å². The summed E-state index contributed by atoms with van der Waals surface area (Å²) in [6, 6.07) is 18.5. The van der Waals surface area contributed by atoms with Crippen LogP contribution in [0.3, 0.4) is 0 Å². The number of carbonyl (C=O) groups is 1. The molecule has 0 aliphatic carbocycles. The smallest absolute Gasteiger partial charge is 0.264 e. The second kappa shape index (κ2) is 11.2. The summed E-state index contributed by atoms with van der Waals surface area (Å²) in [6.07, 6.45) is 1.47. The lowest BCUT2D eigenvalue weighted by molar-refractivity contribution is -0.119. The topological polar surface area (TPSA) is 97.3 Å². The third kappa shape index (κ3) is 5.95. The fourth-order valence-electron chi connectivity index (χ4n) is 3.05. The van der Waals surface area contributed by atoms with E-state index < -0.39 is 22.5 Å². The van der Waals surface area contributed by atoms with Crippen molar-refractivity contribution in [2.75, 3.05) is 25.1 Å². The minimum Gasteiger partial charge on any atom is -0.493 e. The third-order valence-electron chi connectivity index (χ3n) is 4.85. The Hall–Kier alpha value is -3.37. The molecule has 0 radical (unpaired) electrons. The van der Waals surface area contributed by atoms with E-state index in [0.29, 0.717) is 11.4 Å². The molecule has 3 aromatic carbocycles. The van der Waals surface area contributed by atoms with Crippen molar-refractivity contribution in [3.05, 3.63) is 82.3 Å². The third-order valence-corrected chi connectivity index (χ3v) is 7.34. The summed E-state index contributed by atoms with van der Waals surface area (Å²) in [5, 5.41) is 3.96. The number of hydrazone groups is 1. The molecule has 0 saturated carbocycles. The van der Waals surface area contributed by atoms with E-state index in [2.05, 4.69) is 26.5 Å². The van der Waals surface area contributed by atoms with Gasteiger partial charge in [0.05, 0.1) is 31.0 Å².